The van der Waals surface area contributed by atoms with Gasteiger partial charge in [0.1, 0.15) is 10.0 Å². The lowest BCUT2D eigenvalue weighted by molar-refractivity contribution is -0.121. The number of nitrogens with zero attached hydrogens (tertiary/aromatic N) is 2. The minimum absolute atomic E-state index is 0.0311. The second-order valence-corrected chi connectivity index (χ2v) is 6.83. The van der Waals surface area contributed by atoms with Crippen molar-refractivity contribution in [2.45, 2.75) is 31.6 Å². The van der Waals surface area contributed by atoms with Crippen molar-refractivity contribution in [3.63, 3.8) is 0 Å². The summed E-state index contributed by atoms with van der Waals surface area (Å²) in [6.45, 7) is 4.39. The van der Waals surface area contributed by atoms with E-state index in [1.54, 1.807) is 0 Å². The van der Waals surface area contributed by atoms with E-state index in [0.717, 1.165) is 10.7 Å². The van der Waals surface area contributed by atoms with E-state index in [0.29, 0.717) is 13.0 Å². The zero-order valence-electron chi connectivity index (χ0n) is 12.2. The van der Waals surface area contributed by atoms with E-state index in [2.05, 4.69) is 10.3 Å². The van der Waals surface area contributed by atoms with Gasteiger partial charge in [-0.15, -0.1) is 0 Å². The second-order valence-electron chi connectivity index (χ2n) is 4.51. The van der Waals surface area contributed by atoms with Crippen molar-refractivity contribution in [1.82, 2.24) is 14.6 Å². The molecule has 1 aromatic heterocycles. The molecule has 1 amide bonds. The Labute approximate surface area is 130 Å². The maximum Gasteiger partial charge on any atom is 0.245 e. The predicted octanol–water partition coefficient (Wildman–Crippen LogP) is 1.66. The zero-order chi connectivity index (χ0) is 15.9. The van der Waals surface area contributed by atoms with Crippen molar-refractivity contribution in [2.24, 2.45) is 0 Å². The molecule has 0 aliphatic rings. The second kappa shape index (κ2) is 8.31. The fraction of sp³-hybridized carbons (Fsp3) is 0.538. The normalized spacial score (nSPS) is 11.6. The molecule has 0 unspecified atom stereocenters. The Hall–Kier alpha value is -1.18. The highest BCUT2D eigenvalue weighted by Crippen LogP contribution is 2.16. The first-order valence-corrected chi connectivity index (χ1v) is 8.62. The Bertz CT molecular complexity index is 561. The van der Waals surface area contributed by atoms with Crippen LogP contribution in [0.1, 0.15) is 26.7 Å². The first kappa shape index (κ1) is 17.9. The van der Waals surface area contributed by atoms with Gasteiger partial charge in [0.05, 0.1) is 6.54 Å². The number of rotatable bonds is 8. The average Bonchev–Trinajstić information content (AvgIpc) is 2.45. The zero-order valence-corrected chi connectivity index (χ0v) is 13.7. The van der Waals surface area contributed by atoms with Crippen LogP contribution in [0, 0.1) is 0 Å². The van der Waals surface area contributed by atoms with Gasteiger partial charge in [-0.1, -0.05) is 25.4 Å². The van der Waals surface area contributed by atoms with Crippen LogP contribution in [0.15, 0.2) is 23.2 Å². The molecule has 0 spiro atoms. The van der Waals surface area contributed by atoms with Gasteiger partial charge in [0.25, 0.3) is 0 Å². The standard InChI is InChI=1S/C13H20ClN3O3S/c1-3-7-15-13(18)10-17(8-4-2)21(19,20)11-5-6-12(14)16-9-11/h5-6,9H,3-4,7-8,10H2,1-2H3,(H,15,18). The molecule has 1 N–H and O–H groups in total. The number of halogens is 1. The molecule has 0 radical (unpaired) electrons. The molecule has 118 valence electrons. The Balaban J connectivity index is 2.92. The molecule has 0 bridgehead atoms. The molecule has 1 aromatic rings. The smallest absolute Gasteiger partial charge is 0.245 e. The minimum atomic E-state index is -3.75. The molecule has 0 atom stereocenters. The molecule has 8 heteroatoms. The van der Waals surface area contributed by atoms with Gasteiger partial charge in [-0.3, -0.25) is 4.79 Å². The van der Waals surface area contributed by atoms with Crippen molar-refractivity contribution >= 4 is 27.5 Å². The van der Waals surface area contributed by atoms with Crippen LogP contribution in [0.4, 0.5) is 0 Å². The highest BCUT2D eigenvalue weighted by atomic mass is 35.5. The van der Waals surface area contributed by atoms with E-state index >= 15 is 0 Å². The Kier molecular flexibility index (Phi) is 7.07. The summed E-state index contributed by atoms with van der Waals surface area (Å²) in [5, 5.41) is 2.89. The number of nitrogens with one attached hydrogen (secondary N) is 1. The van der Waals surface area contributed by atoms with Crippen LogP contribution < -0.4 is 5.32 Å². The Morgan fingerprint density at radius 1 is 1.33 bits per heavy atom. The summed E-state index contributed by atoms with van der Waals surface area (Å²) in [6.07, 6.45) is 2.61. The van der Waals surface area contributed by atoms with Gasteiger partial charge in [-0.05, 0) is 25.0 Å². The molecular formula is C13H20ClN3O3S. The van der Waals surface area contributed by atoms with Crippen LogP contribution in [0.2, 0.25) is 5.15 Å². The summed E-state index contributed by atoms with van der Waals surface area (Å²) < 4.78 is 26.2. The lowest BCUT2D eigenvalue weighted by Gasteiger charge is -2.21. The number of pyridine rings is 1. The quantitative estimate of drug-likeness (QED) is 0.734. The topological polar surface area (TPSA) is 79.4 Å². The molecule has 0 saturated carbocycles. The molecule has 21 heavy (non-hydrogen) atoms. The van der Waals surface area contributed by atoms with Crippen molar-refractivity contribution in [3.05, 3.63) is 23.5 Å². The van der Waals surface area contributed by atoms with Crippen molar-refractivity contribution in [1.29, 1.82) is 0 Å². The van der Waals surface area contributed by atoms with Crippen LogP contribution in [-0.4, -0.2) is 43.2 Å². The van der Waals surface area contributed by atoms with Crippen molar-refractivity contribution < 1.29 is 13.2 Å². The minimum Gasteiger partial charge on any atom is -0.355 e. The van der Waals surface area contributed by atoms with E-state index in [1.807, 2.05) is 13.8 Å². The third-order valence-electron chi connectivity index (χ3n) is 2.70. The fourth-order valence-corrected chi connectivity index (χ4v) is 3.22. The number of aromatic nitrogens is 1. The lowest BCUT2D eigenvalue weighted by Crippen LogP contribution is -2.41. The summed E-state index contributed by atoms with van der Waals surface area (Å²) in [6, 6.07) is 2.80. The van der Waals surface area contributed by atoms with Crippen LogP contribution in [0.25, 0.3) is 0 Å². The monoisotopic (exact) mass is 333 g/mol. The molecule has 1 rings (SSSR count). The molecule has 0 aliphatic heterocycles. The number of carbonyl (C=O) groups excluding carboxylic acids is 1. The number of amides is 1. The van der Waals surface area contributed by atoms with E-state index in [4.69, 9.17) is 11.6 Å². The predicted molar refractivity (Wildman–Crippen MR) is 81.6 cm³/mol. The van der Waals surface area contributed by atoms with Crippen molar-refractivity contribution in [3.8, 4) is 0 Å². The molecule has 0 saturated heterocycles. The molecule has 0 fully saturated rings. The largest absolute Gasteiger partial charge is 0.355 e. The number of sulfonamides is 1. The molecule has 1 heterocycles. The summed E-state index contributed by atoms with van der Waals surface area (Å²) in [4.78, 5) is 15.6. The summed E-state index contributed by atoms with van der Waals surface area (Å²) in [5.41, 5.74) is 0. The lowest BCUT2D eigenvalue weighted by atomic mass is 10.4. The maximum atomic E-state index is 12.5. The third-order valence-corrected chi connectivity index (χ3v) is 4.76. The summed E-state index contributed by atoms with van der Waals surface area (Å²) >= 11 is 5.66. The van der Waals surface area contributed by atoms with Crippen LogP contribution in [0.5, 0.6) is 0 Å². The van der Waals surface area contributed by atoms with Gasteiger partial charge >= 0.3 is 0 Å². The van der Waals surface area contributed by atoms with E-state index in [1.165, 1.54) is 18.3 Å². The third kappa shape index (κ3) is 5.26. The van der Waals surface area contributed by atoms with Gasteiger partial charge in [0.2, 0.25) is 15.9 Å². The summed E-state index contributed by atoms with van der Waals surface area (Å²) in [5.74, 6) is -0.309. The fourth-order valence-electron chi connectivity index (χ4n) is 1.68. The highest BCUT2D eigenvalue weighted by Gasteiger charge is 2.26. The highest BCUT2D eigenvalue weighted by molar-refractivity contribution is 7.89. The maximum absolute atomic E-state index is 12.5. The Morgan fingerprint density at radius 3 is 2.57 bits per heavy atom. The first-order valence-electron chi connectivity index (χ1n) is 6.80. The van der Waals surface area contributed by atoms with E-state index in [9.17, 15) is 13.2 Å². The number of hydrogen-bond acceptors (Lipinski definition) is 4. The van der Waals surface area contributed by atoms with Crippen LogP contribution >= 0.6 is 11.6 Å². The van der Waals surface area contributed by atoms with Gasteiger partial charge in [-0.25, -0.2) is 13.4 Å². The number of hydrogen-bond donors (Lipinski definition) is 1. The first-order chi connectivity index (χ1) is 9.91. The van der Waals surface area contributed by atoms with E-state index < -0.39 is 10.0 Å². The molecule has 0 aliphatic carbocycles. The van der Waals surface area contributed by atoms with Gasteiger partial charge in [0, 0.05) is 19.3 Å². The Morgan fingerprint density at radius 2 is 2.05 bits per heavy atom. The summed E-state index contributed by atoms with van der Waals surface area (Å²) in [7, 11) is -3.75. The average molecular weight is 334 g/mol. The van der Waals surface area contributed by atoms with Gasteiger partial charge < -0.3 is 5.32 Å². The van der Waals surface area contributed by atoms with Gasteiger partial charge in [-0.2, -0.15) is 4.31 Å². The molecular weight excluding hydrogens is 314 g/mol. The van der Waals surface area contributed by atoms with Crippen LogP contribution in [0.3, 0.4) is 0 Å². The number of carbonyl (C=O) groups is 1. The van der Waals surface area contributed by atoms with Crippen LogP contribution in [-0.2, 0) is 14.8 Å². The molecule has 0 aromatic carbocycles. The van der Waals surface area contributed by atoms with Gasteiger partial charge in [0.15, 0.2) is 0 Å². The SMILES string of the molecule is CCCNC(=O)CN(CCC)S(=O)(=O)c1ccc(Cl)nc1. The van der Waals surface area contributed by atoms with E-state index in [-0.39, 0.29) is 29.0 Å². The van der Waals surface area contributed by atoms with Crippen molar-refractivity contribution in [2.75, 3.05) is 19.6 Å². The molecule has 6 nitrogen and oxygen atoms in total.